The number of amides is 2. The van der Waals surface area contributed by atoms with Crippen molar-refractivity contribution in [3.8, 4) is 0 Å². The highest BCUT2D eigenvalue weighted by Gasteiger charge is 2.17. The minimum Gasteiger partial charge on any atom is -0.347 e. The van der Waals surface area contributed by atoms with Gasteiger partial charge in [0.2, 0.25) is 11.8 Å². The summed E-state index contributed by atoms with van der Waals surface area (Å²) in [4.78, 5) is 39.8. The van der Waals surface area contributed by atoms with Crippen LogP contribution in [0.1, 0.15) is 17.0 Å². The Morgan fingerprint density at radius 3 is 2.59 bits per heavy atom. The predicted octanol–water partition coefficient (Wildman–Crippen LogP) is 1.35. The topological polar surface area (TPSA) is 108 Å². The van der Waals surface area contributed by atoms with E-state index < -0.39 is 41.5 Å². The summed E-state index contributed by atoms with van der Waals surface area (Å²) >= 11 is 0. The Balaban J connectivity index is 1.64. The number of benzene rings is 1. The quantitative estimate of drug-likeness (QED) is 0.555. The highest BCUT2D eigenvalue weighted by atomic mass is 19.2. The summed E-state index contributed by atoms with van der Waals surface area (Å²) in [6, 6.07) is 2.87. The number of aromatic nitrogens is 3. The second kappa shape index (κ2) is 7.78. The molecule has 0 unspecified atom stereocenters. The van der Waals surface area contributed by atoms with E-state index in [9.17, 15) is 27.6 Å². The summed E-state index contributed by atoms with van der Waals surface area (Å²) in [5.41, 5.74) is 1.27. The van der Waals surface area contributed by atoms with E-state index in [4.69, 9.17) is 0 Å². The summed E-state index contributed by atoms with van der Waals surface area (Å²) < 4.78 is 41.1. The molecule has 11 heteroatoms. The molecule has 0 atom stereocenters. The van der Waals surface area contributed by atoms with Crippen LogP contribution in [0.2, 0.25) is 0 Å². The Hall–Kier alpha value is -3.63. The van der Waals surface area contributed by atoms with Crippen LogP contribution in [0.15, 0.2) is 23.0 Å². The number of fused-ring (bicyclic) bond motifs is 1. The van der Waals surface area contributed by atoms with E-state index in [1.54, 1.807) is 13.8 Å². The van der Waals surface area contributed by atoms with Crippen molar-refractivity contribution in [1.82, 2.24) is 19.9 Å². The first-order valence-corrected chi connectivity index (χ1v) is 8.45. The van der Waals surface area contributed by atoms with Gasteiger partial charge in [-0.3, -0.25) is 19.5 Å². The third kappa shape index (κ3) is 4.13. The molecule has 0 radical (unpaired) electrons. The van der Waals surface area contributed by atoms with Crippen LogP contribution >= 0.6 is 0 Å². The van der Waals surface area contributed by atoms with Crippen LogP contribution in [-0.2, 0) is 16.0 Å². The number of carbonyl (C=O) groups is 2. The highest BCUT2D eigenvalue weighted by Crippen LogP contribution is 2.19. The van der Waals surface area contributed by atoms with Crippen molar-refractivity contribution in [2.45, 2.75) is 20.3 Å². The van der Waals surface area contributed by atoms with Gasteiger partial charge in [0, 0.05) is 23.0 Å². The Labute approximate surface area is 161 Å². The maximum atomic E-state index is 13.6. The van der Waals surface area contributed by atoms with Crippen LogP contribution in [0.25, 0.3) is 5.65 Å². The van der Waals surface area contributed by atoms with Gasteiger partial charge in [-0.05, 0) is 26.0 Å². The molecule has 3 rings (SSSR count). The number of aromatic amines is 1. The van der Waals surface area contributed by atoms with Crippen LogP contribution in [0, 0.1) is 31.3 Å². The molecule has 0 aliphatic rings. The van der Waals surface area contributed by atoms with Gasteiger partial charge in [-0.25, -0.2) is 22.7 Å². The number of hydrogen-bond donors (Lipinski definition) is 3. The average Bonchev–Trinajstić information content (AvgIpc) is 3.04. The second-order valence-corrected chi connectivity index (χ2v) is 6.30. The zero-order valence-corrected chi connectivity index (χ0v) is 15.4. The van der Waals surface area contributed by atoms with Crippen LogP contribution in [0.3, 0.4) is 0 Å². The molecule has 0 saturated carbocycles. The predicted molar refractivity (Wildman–Crippen MR) is 96.9 cm³/mol. The third-order valence-corrected chi connectivity index (χ3v) is 4.30. The lowest BCUT2D eigenvalue weighted by atomic mass is 10.1. The van der Waals surface area contributed by atoms with E-state index in [-0.39, 0.29) is 12.0 Å². The van der Waals surface area contributed by atoms with Gasteiger partial charge in [0.15, 0.2) is 23.1 Å². The second-order valence-electron chi connectivity index (χ2n) is 6.30. The van der Waals surface area contributed by atoms with Crippen molar-refractivity contribution in [1.29, 1.82) is 0 Å². The number of hydrogen-bond acceptors (Lipinski definition) is 4. The van der Waals surface area contributed by atoms with Gasteiger partial charge in [0.25, 0.3) is 5.56 Å². The third-order valence-electron chi connectivity index (χ3n) is 4.30. The van der Waals surface area contributed by atoms with E-state index in [0.29, 0.717) is 28.7 Å². The van der Waals surface area contributed by atoms with Crippen LogP contribution < -0.4 is 16.2 Å². The number of anilines is 1. The Bertz CT molecular complexity index is 1190. The number of carbonyl (C=O) groups excluding carboxylic acids is 2. The first-order valence-electron chi connectivity index (χ1n) is 8.45. The first kappa shape index (κ1) is 20.1. The van der Waals surface area contributed by atoms with E-state index in [0.717, 1.165) is 6.07 Å². The lowest BCUT2D eigenvalue weighted by Gasteiger charge is -2.12. The minimum absolute atomic E-state index is 0.117. The molecule has 2 heterocycles. The summed E-state index contributed by atoms with van der Waals surface area (Å²) in [5.74, 6) is -5.96. The van der Waals surface area contributed by atoms with Gasteiger partial charge in [0.1, 0.15) is 0 Å². The molecule has 3 N–H and O–H groups in total. The van der Waals surface area contributed by atoms with Crippen LogP contribution in [0.5, 0.6) is 0 Å². The van der Waals surface area contributed by atoms with Gasteiger partial charge in [-0.1, -0.05) is 0 Å². The molecule has 152 valence electrons. The lowest BCUT2D eigenvalue weighted by Crippen LogP contribution is -2.34. The number of H-pyrrole nitrogens is 1. The fraction of sp³-hybridized carbons (Fsp3) is 0.222. The highest BCUT2D eigenvalue weighted by molar-refractivity contribution is 5.94. The van der Waals surface area contributed by atoms with E-state index in [1.807, 2.05) is 0 Å². The van der Waals surface area contributed by atoms with Gasteiger partial charge < -0.3 is 10.6 Å². The Morgan fingerprint density at radius 1 is 1.14 bits per heavy atom. The molecular weight excluding hydrogens is 391 g/mol. The van der Waals surface area contributed by atoms with Crippen molar-refractivity contribution >= 4 is 23.1 Å². The molecule has 0 spiro atoms. The zero-order valence-electron chi connectivity index (χ0n) is 15.4. The number of nitrogens with zero attached hydrogens (tertiary/aromatic N) is 2. The number of halogens is 3. The minimum atomic E-state index is -1.70. The molecule has 0 bridgehead atoms. The number of rotatable bonds is 5. The molecule has 0 aliphatic carbocycles. The smallest absolute Gasteiger partial charge is 0.266 e. The molecule has 0 saturated heterocycles. The summed E-state index contributed by atoms with van der Waals surface area (Å²) in [6.45, 7) is 2.88. The maximum Gasteiger partial charge on any atom is 0.266 e. The molecular formula is C18H16F3N5O3. The fourth-order valence-corrected chi connectivity index (χ4v) is 2.83. The van der Waals surface area contributed by atoms with Gasteiger partial charge in [-0.15, -0.1) is 0 Å². The van der Waals surface area contributed by atoms with Crippen molar-refractivity contribution in [3.05, 3.63) is 63.0 Å². The van der Waals surface area contributed by atoms with E-state index in [1.165, 1.54) is 10.6 Å². The first-order chi connectivity index (χ1) is 13.7. The summed E-state index contributed by atoms with van der Waals surface area (Å²) in [7, 11) is 0. The van der Waals surface area contributed by atoms with Crippen molar-refractivity contribution < 1.29 is 22.8 Å². The van der Waals surface area contributed by atoms with Crippen molar-refractivity contribution in [3.63, 3.8) is 0 Å². The lowest BCUT2D eigenvalue weighted by molar-refractivity contribution is -0.123. The van der Waals surface area contributed by atoms with E-state index in [2.05, 4.69) is 20.7 Å². The fourth-order valence-electron chi connectivity index (χ4n) is 2.83. The SMILES string of the molecule is Cc1nc2cc(=O)[nH]n2c(C)c1CC(=O)NCC(=O)Nc1ccc(F)c(F)c1F. The van der Waals surface area contributed by atoms with Crippen LogP contribution in [0.4, 0.5) is 18.9 Å². The number of nitrogens with one attached hydrogen (secondary N) is 3. The largest absolute Gasteiger partial charge is 0.347 e. The molecule has 2 amide bonds. The molecule has 29 heavy (non-hydrogen) atoms. The Morgan fingerprint density at radius 2 is 1.86 bits per heavy atom. The average molecular weight is 407 g/mol. The number of aryl methyl sites for hydroxylation is 2. The summed E-state index contributed by atoms with van der Waals surface area (Å²) in [6.07, 6.45) is -0.117. The summed E-state index contributed by atoms with van der Waals surface area (Å²) in [5, 5.41) is 6.98. The van der Waals surface area contributed by atoms with Gasteiger partial charge in [0.05, 0.1) is 18.7 Å². The molecule has 1 aromatic carbocycles. The molecule has 0 fully saturated rings. The van der Waals surface area contributed by atoms with Crippen LogP contribution in [-0.4, -0.2) is 33.0 Å². The molecule has 3 aromatic rings. The maximum absolute atomic E-state index is 13.6. The van der Waals surface area contributed by atoms with Gasteiger partial charge >= 0.3 is 0 Å². The monoisotopic (exact) mass is 407 g/mol. The standard InChI is InChI=1S/C18H16F3N5O3/c1-8-10(9(2)26-13(23-8)6-15(28)25-26)5-14(27)22-7-16(29)24-12-4-3-11(19)17(20)18(12)21/h3-4,6H,5,7H2,1-2H3,(H,22,27)(H,24,29)(H,25,28). The molecule has 0 aliphatic heterocycles. The molecule has 2 aromatic heterocycles. The van der Waals surface area contributed by atoms with Gasteiger partial charge in [-0.2, -0.15) is 0 Å². The normalized spacial score (nSPS) is 10.9. The molecule has 8 nitrogen and oxygen atoms in total. The Kier molecular flexibility index (Phi) is 5.39. The zero-order chi connectivity index (χ0) is 21.3. The van der Waals surface area contributed by atoms with Crippen molar-refractivity contribution in [2.24, 2.45) is 0 Å². The van der Waals surface area contributed by atoms with Crippen molar-refractivity contribution in [2.75, 3.05) is 11.9 Å². The van der Waals surface area contributed by atoms with E-state index >= 15 is 0 Å².